The maximum absolute atomic E-state index is 12.8. The number of hydrogen-bond acceptors (Lipinski definition) is 3. The first-order chi connectivity index (χ1) is 10.4. The lowest BCUT2D eigenvalue weighted by Gasteiger charge is -2.09. The minimum Gasteiger partial charge on any atom is -0.326 e. The van der Waals surface area contributed by atoms with Crippen molar-refractivity contribution in [1.82, 2.24) is 0 Å². The van der Waals surface area contributed by atoms with Gasteiger partial charge in [-0.3, -0.25) is 9.52 Å². The Morgan fingerprint density at radius 2 is 1.55 bits per heavy atom. The zero-order valence-electron chi connectivity index (χ0n) is 11.8. The van der Waals surface area contributed by atoms with E-state index in [1.54, 1.807) is 6.92 Å². The lowest BCUT2D eigenvalue weighted by molar-refractivity contribution is -0.115. The average Bonchev–Trinajstić information content (AvgIpc) is 2.50. The normalized spacial score (nSPS) is 11.0. The molecule has 0 aliphatic heterocycles. The van der Waals surface area contributed by atoms with Crippen LogP contribution in [0.2, 0.25) is 0 Å². The summed E-state index contributed by atoms with van der Waals surface area (Å²) < 4.78 is 39.5. The Hall–Kier alpha value is -2.41. The minimum atomic E-state index is -3.76. The van der Waals surface area contributed by atoms with E-state index in [2.05, 4.69) is 10.0 Å². The summed E-state index contributed by atoms with van der Waals surface area (Å²) in [5, 5.41) is 2.63. The number of hydrogen-bond donors (Lipinski definition) is 2. The van der Waals surface area contributed by atoms with Crippen LogP contribution >= 0.6 is 0 Å². The molecule has 0 aromatic heterocycles. The number of rotatable bonds is 5. The topological polar surface area (TPSA) is 75.3 Å². The van der Waals surface area contributed by atoms with Gasteiger partial charge < -0.3 is 5.32 Å². The van der Waals surface area contributed by atoms with Crippen molar-refractivity contribution in [2.45, 2.75) is 18.2 Å². The van der Waals surface area contributed by atoms with E-state index in [1.807, 2.05) is 0 Å². The fourth-order valence-corrected chi connectivity index (χ4v) is 2.76. The van der Waals surface area contributed by atoms with Gasteiger partial charge in [0.1, 0.15) is 5.82 Å². The third kappa shape index (κ3) is 4.05. The smallest absolute Gasteiger partial charge is 0.261 e. The van der Waals surface area contributed by atoms with Gasteiger partial charge >= 0.3 is 0 Å². The van der Waals surface area contributed by atoms with E-state index in [1.165, 1.54) is 48.5 Å². The second-order valence-electron chi connectivity index (χ2n) is 4.54. The number of sulfonamides is 1. The van der Waals surface area contributed by atoms with E-state index < -0.39 is 15.8 Å². The molecule has 0 saturated carbocycles. The molecule has 0 atom stereocenters. The maximum atomic E-state index is 12.8. The number of anilines is 2. The van der Waals surface area contributed by atoms with Crippen LogP contribution in [0.25, 0.3) is 0 Å². The summed E-state index contributed by atoms with van der Waals surface area (Å²) in [6.07, 6.45) is 0.339. The molecule has 0 spiro atoms. The molecule has 0 radical (unpaired) electrons. The highest BCUT2D eigenvalue weighted by molar-refractivity contribution is 7.92. The Morgan fingerprint density at radius 1 is 1.00 bits per heavy atom. The Balaban J connectivity index is 2.15. The first-order valence-corrected chi connectivity index (χ1v) is 8.07. The van der Waals surface area contributed by atoms with E-state index in [-0.39, 0.29) is 16.5 Å². The summed E-state index contributed by atoms with van der Waals surface area (Å²) in [6, 6.07) is 10.8. The molecule has 0 fully saturated rings. The van der Waals surface area contributed by atoms with Crippen LogP contribution in [0.5, 0.6) is 0 Å². The van der Waals surface area contributed by atoms with Gasteiger partial charge in [0, 0.05) is 17.8 Å². The summed E-state index contributed by atoms with van der Waals surface area (Å²) in [5.74, 6) is -0.598. The molecule has 0 aliphatic rings. The van der Waals surface area contributed by atoms with Crippen molar-refractivity contribution in [2.24, 2.45) is 0 Å². The molecule has 0 heterocycles. The van der Waals surface area contributed by atoms with Gasteiger partial charge in [-0.1, -0.05) is 6.92 Å². The first kappa shape index (κ1) is 16.0. The van der Waals surface area contributed by atoms with Gasteiger partial charge in [-0.25, -0.2) is 12.8 Å². The molecule has 116 valence electrons. The molecule has 2 aromatic carbocycles. The quantitative estimate of drug-likeness (QED) is 0.888. The van der Waals surface area contributed by atoms with Crippen molar-refractivity contribution < 1.29 is 17.6 Å². The maximum Gasteiger partial charge on any atom is 0.261 e. The molecular formula is C15H15FN2O3S. The van der Waals surface area contributed by atoms with Crippen molar-refractivity contribution >= 4 is 27.3 Å². The highest BCUT2D eigenvalue weighted by atomic mass is 32.2. The van der Waals surface area contributed by atoms with Gasteiger partial charge in [0.05, 0.1) is 4.90 Å². The molecule has 7 heteroatoms. The Kier molecular flexibility index (Phi) is 4.77. The Labute approximate surface area is 128 Å². The third-order valence-electron chi connectivity index (χ3n) is 2.87. The largest absolute Gasteiger partial charge is 0.326 e. The van der Waals surface area contributed by atoms with E-state index in [0.717, 1.165) is 0 Å². The zero-order valence-corrected chi connectivity index (χ0v) is 12.7. The van der Waals surface area contributed by atoms with Crippen LogP contribution < -0.4 is 10.0 Å². The van der Waals surface area contributed by atoms with Crippen molar-refractivity contribution in [3.8, 4) is 0 Å². The fraction of sp³-hybridized carbons (Fsp3) is 0.133. The molecule has 0 bridgehead atoms. The van der Waals surface area contributed by atoms with Gasteiger partial charge in [0.2, 0.25) is 5.91 Å². The van der Waals surface area contributed by atoms with Crippen LogP contribution in [0.15, 0.2) is 53.4 Å². The predicted octanol–water partition coefficient (Wildman–Crippen LogP) is 2.98. The van der Waals surface area contributed by atoms with E-state index in [0.29, 0.717) is 12.1 Å². The van der Waals surface area contributed by atoms with Crippen LogP contribution in [0.4, 0.5) is 15.8 Å². The van der Waals surface area contributed by atoms with Crippen molar-refractivity contribution in [3.05, 3.63) is 54.3 Å². The van der Waals surface area contributed by atoms with E-state index >= 15 is 0 Å². The van der Waals surface area contributed by atoms with Gasteiger partial charge in [0.25, 0.3) is 10.0 Å². The summed E-state index contributed by atoms with van der Waals surface area (Å²) in [7, 11) is -3.76. The molecule has 0 saturated heterocycles. The molecule has 2 N–H and O–H groups in total. The molecule has 22 heavy (non-hydrogen) atoms. The molecule has 0 aliphatic carbocycles. The minimum absolute atomic E-state index is 0.0475. The van der Waals surface area contributed by atoms with Crippen LogP contribution in [0.1, 0.15) is 13.3 Å². The van der Waals surface area contributed by atoms with Crippen LogP contribution in [0, 0.1) is 5.82 Å². The molecule has 2 rings (SSSR count). The van der Waals surface area contributed by atoms with Gasteiger partial charge in [-0.2, -0.15) is 0 Å². The summed E-state index contributed by atoms with van der Waals surface area (Å²) in [4.78, 5) is 11.3. The molecule has 5 nitrogen and oxygen atoms in total. The highest BCUT2D eigenvalue weighted by Crippen LogP contribution is 2.18. The standard InChI is InChI=1S/C15H15FN2O3S/c1-2-15(19)17-12-7-9-14(10-8-12)22(20,21)18-13-5-3-11(16)4-6-13/h3-10,18H,2H2,1H3,(H,17,19). The Bertz CT molecular complexity index is 756. The highest BCUT2D eigenvalue weighted by Gasteiger charge is 2.14. The van der Waals surface area contributed by atoms with Gasteiger partial charge in [0.15, 0.2) is 0 Å². The lowest BCUT2D eigenvalue weighted by atomic mass is 10.3. The van der Waals surface area contributed by atoms with Crippen molar-refractivity contribution in [1.29, 1.82) is 0 Å². The molecule has 2 aromatic rings. The van der Waals surface area contributed by atoms with E-state index in [9.17, 15) is 17.6 Å². The number of carbonyl (C=O) groups excluding carboxylic acids is 1. The average molecular weight is 322 g/mol. The van der Waals surface area contributed by atoms with Gasteiger partial charge in [-0.05, 0) is 48.5 Å². The molecule has 0 unspecified atom stereocenters. The lowest BCUT2D eigenvalue weighted by Crippen LogP contribution is -2.13. The van der Waals surface area contributed by atoms with Crippen molar-refractivity contribution in [2.75, 3.05) is 10.0 Å². The third-order valence-corrected chi connectivity index (χ3v) is 4.26. The monoisotopic (exact) mass is 322 g/mol. The second-order valence-corrected chi connectivity index (χ2v) is 6.22. The SMILES string of the molecule is CCC(=O)Nc1ccc(S(=O)(=O)Nc2ccc(F)cc2)cc1. The van der Waals surface area contributed by atoms with Crippen LogP contribution in [-0.2, 0) is 14.8 Å². The summed E-state index contributed by atoms with van der Waals surface area (Å²) in [5.41, 5.74) is 0.789. The van der Waals surface area contributed by atoms with Crippen LogP contribution in [-0.4, -0.2) is 14.3 Å². The predicted molar refractivity (Wildman–Crippen MR) is 82.6 cm³/mol. The molecular weight excluding hydrogens is 307 g/mol. The van der Waals surface area contributed by atoms with E-state index in [4.69, 9.17) is 0 Å². The van der Waals surface area contributed by atoms with Crippen LogP contribution in [0.3, 0.4) is 0 Å². The number of carbonyl (C=O) groups is 1. The number of nitrogens with one attached hydrogen (secondary N) is 2. The first-order valence-electron chi connectivity index (χ1n) is 6.59. The summed E-state index contributed by atoms with van der Waals surface area (Å²) >= 11 is 0. The zero-order chi connectivity index (χ0) is 16.2. The molecule has 1 amide bonds. The fourth-order valence-electron chi connectivity index (χ4n) is 1.70. The Morgan fingerprint density at radius 3 is 2.09 bits per heavy atom. The van der Waals surface area contributed by atoms with Crippen molar-refractivity contribution in [3.63, 3.8) is 0 Å². The van der Waals surface area contributed by atoms with Gasteiger partial charge in [-0.15, -0.1) is 0 Å². The number of halogens is 1. The summed E-state index contributed by atoms with van der Waals surface area (Å²) in [6.45, 7) is 1.72. The number of benzene rings is 2. The number of amides is 1. The second kappa shape index (κ2) is 6.57.